The molecule has 40 heavy (non-hydrogen) atoms. The van der Waals surface area contributed by atoms with Crippen molar-refractivity contribution in [2.75, 3.05) is 37.1 Å². The first-order chi connectivity index (χ1) is 18.9. The Balaban J connectivity index is 0.000000559. The number of aromatic nitrogens is 2. The SMILES string of the molecule is CSc1ccc(Cl)c(C(=O)NCC2CCC(Nc3nc(N(C)C)c4ccccc4n3)CC2)c1.O=C(O)C(F)(F)F. The van der Waals surface area contributed by atoms with E-state index in [1.54, 1.807) is 17.8 Å². The molecule has 0 unspecified atom stereocenters. The van der Waals surface area contributed by atoms with Gasteiger partial charge in [0, 0.05) is 37.0 Å². The minimum absolute atomic E-state index is 0.100. The van der Waals surface area contributed by atoms with Crippen LogP contribution in [0.4, 0.5) is 24.9 Å². The van der Waals surface area contributed by atoms with Crippen LogP contribution >= 0.6 is 23.4 Å². The van der Waals surface area contributed by atoms with Gasteiger partial charge in [-0.05, 0) is 68.2 Å². The Bertz CT molecular complexity index is 1330. The fourth-order valence-electron chi connectivity index (χ4n) is 4.30. The van der Waals surface area contributed by atoms with Crippen LogP contribution in [0.15, 0.2) is 47.4 Å². The number of carbonyl (C=O) groups is 2. The van der Waals surface area contributed by atoms with Gasteiger partial charge in [-0.25, -0.2) is 9.78 Å². The molecule has 0 saturated heterocycles. The summed E-state index contributed by atoms with van der Waals surface area (Å²) in [5, 5.41) is 15.3. The van der Waals surface area contributed by atoms with Crippen molar-refractivity contribution < 1.29 is 27.9 Å². The lowest BCUT2D eigenvalue weighted by Crippen LogP contribution is -2.34. The summed E-state index contributed by atoms with van der Waals surface area (Å²) < 4.78 is 31.7. The van der Waals surface area contributed by atoms with Gasteiger partial charge in [0.25, 0.3) is 5.91 Å². The number of nitrogens with zero attached hydrogens (tertiary/aromatic N) is 3. The first kappa shape index (κ1) is 31.3. The van der Waals surface area contributed by atoms with Gasteiger partial charge in [-0.15, -0.1) is 11.8 Å². The van der Waals surface area contributed by atoms with Gasteiger partial charge < -0.3 is 20.6 Å². The highest BCUT2D eigenvalue weighted by Crippen LogP contribution is 2.29. The predicted octanol–water partition coefficient (Wildman–Crippen LogP) is 6.11. The molecule has 3 N–H and O–H groups in total. The summed E-state index contributed by atoms with van der Waals surface area (Å²) in [6, 6.07) is 14.0. The number of carboxylic acid groups (broad SMARTS) is 1. The summed E-state index contributed by atoms with van der Waals surface area (Å²) in [4.78, 5) is 34.1. The van der Waals surface area contributed by atoms with Crippen molar-refractivity contribution in [3.05, 3.63) is 53.1 Å². The number of halogens is 4. The van der Waals surface area contributed by atoms with Crippen LogP contribution in [-0.2, 0) is 4.79 Å². The molecule has 0 aliphatic heterocycles. The Labute approximate surface area is 239 Å². The van der Waals surface area contributed by atoms with E-state index in [9.17, 15) is 18.0 Å². The quantitative estimate of drug-likeness (QED) is 0.280. The average Bonchev–Trinajstić information content (AvgIpc) is 2.92. The smallest absolute Gasteiger partial charge is 0.475 e. The minimum atomic E-state index is -5.08. The third-order valence-electron chi connectivity index (χ3n) is 6.40. The van der Waals surface area contributed by atoms with Crippen molar-refractivity contribution in [3.8, 4) is 0 Å². The molecule has 3 aromatic rings. The molecule has 0 atom stereocenters. The van der Waals surface area contributed by atoms with E-state index in [1.165, 1.54) is 0 Å². The van der Waals surface area contributed by atoms with Crippen molar-refractivity contribution in [1.82, 2.24) is 15.3 Å². The first-order valence-electron chi connectivity index (χ1n) is 12.5. The second-order valence-electron chi connectivity index (χ2n) is 9.50. The molecule has 216 valence electrons. The van der Waals surface area contributed by atoms with Gasteiger partial charge in [0.05, 0.1) is 16.1 Å². The van der Waals surface area contributed by atoms with Gasteiger partial charge in [-0.1, -0.05) is 23.7 Å². The zero-order chi connectivity index (χ0) is 29.4. The monoisotopic (exact) mass is 597 g/mol. The van der Waals surface area contributed by atoms with E-state index in [4.69, 9.17) is 31.5 Å². The molecule has 0 radical (unpaired) electrons. The molecule has 1 aliphatic carbocycles. The molecular weight excluding hydrogens is 567 g/mol. The molecule has 1 heterocycles. The standard InChI is InChI=1S/C25H30ClN5OS.C2HF3O2/c1-31(2)23-19-6-4-5-7-22(19)29-25(30-23)28-17-10-8-16(9-11-17)15-27-24(32)20-14-18(33-3)12-13-21(20)26;3-2(4,5)1(6)7/h4-7,12-14,16-17H,8-11,15H2,1-3H3,(H,27,32)(H,28,29,30);(H,6,7). The second kappa shape index (κ2) is 13.9. The molecule has 0 bridgehead atoms. The van der Waals surface area contributed by atoms with Crippen LogP contribution < -0.4 is 15.5 Å². The highest BCUT2D eigenvalue weighted by molar-refractivity contribution is 7.98. The Morgan fingerprint density at radius 1 is 1.10 bits per heavy atom. The molecule has 1 amide bonds. The zero-order valence-electron chi connectivity index (χ0n) is 22.3. The molecule has 4 rings (SSSR count). The Morgan fingerprint density at radius 2 is 1.75 bits per heavy atom. The van der Waals surface area contributed by atoms with Gasteiger partial charge in [0.2, 0.25) is 5.95 Å². The number of para-hydroxylation sites is 1. The fraction of sp³-hybridized carbons (Fsp3) is 0.407. The molecule has 8 nitrogen and oxygen atoms in total. The molecule has 1 saturated carbocycles. The normalized spacial score (nSPS) is 17.0. The highest BCUT2D eigenvalue weighted by atomic mass is 35.5. The van der Waals surface area contributed by atoms with Crippen molar-refractivity contribution in [3.63, 3.8) is 0 Å². The largest absolute Gasteiger partial charge is 0.490 e. The fourth-order valence-corrected chi connectivity index (χ4v) is 4.94. The maximum Gasteiger partial charge on any atom is 0.490 e. The van der Waals surface area contributed by atoms with Gasteiger partial charge in [0.15, 0.2) is 0 Å². The highest BCUT2D eigenvalue weighted by Gasteiger charge is 2.38. The van der Waals surface area contributed by atoms with E-state index in [2.05, 4.69) is 16.7 Å². The average molecular weight is 598 g/mol. The molecule has 13 heteroatoms. The van der Waals surface area contributed by atoms with Gasteiger partial charge in [0.1, 0.15) is 5.82 Å². The predicted molar refractivity (Wildman–Crippen MR) is 152 cm³/mol. The zero-order valence-corrected chi connectivity index (χ0v) is 23.8. The molecule has 0 spiro atoms. The van der Waals surface area contributed by atoms with E-state index in [1.807, 2.05) is 55.6 Å². The number of aliphatic carboxylic acids is 1. The molecule has 2 aromatic carbocycles. The van der Waals surface area contributed by atoms with Gasteiger partial charge in [-0.2, -0.15) is 18.2 Å². The van der Waals surface area contributed by atoms with Crippen LogP contribution in [0.1, 0.15) is 36.0 Å². The third kappa shape index (κ3) is 8.62. The number of carboxylic acids is 1. The van der Waals surface area contributed by atoms with Crippen LogP contribution in [0.3, 0.4) is 0 Å². The lowest BCUT2D eigenvalue weighted by atomic mass is 9.86. The Morgan fingerprint density at radius 3 is 2.35 bits per heavy atom. The maximum atomic E-state index is 12.6. The second-order valence-corrected chi connectivity index (χ2v) is 10.8. The molecular formula is C27H31ClF3N5O3S. The summed E-state index contributed by atoms with van der Waals surface area (Å²) in [5.41, 5.74) is 1.49. The number of fused-ring (bicyclic) bond motifs is 1. The number of thioether (sulfide) groups is 1. The van der Waals surface area contributed by atoms with Gasteiger partial charge >= 0.3 is 12.1 Å². The lowest BCUT2D eigenvalue weighted by molar-refractivity contribution is -0.192. The van der Waals surface area contributed by atoms with Crippen molar-refractivity contribution in [1.29, 1.82) is 0 Å². The van der Waals surface area contributed by atoms with Crippen LogP contribution in [0.5, 0.6) is 0 Å². The number of benzene rings is 2. The summed E-state index contributed by atoms with van der Waals surface area (Å²) >= 11 is 7.84. The number of carbonyl (C=O) groups excluding carboxylic acids is 1. The number of nitrogens with one attached hydrogen (secondary N) is 2. The third-order valence-corrected chi connectivity index (χ3v) is 7.45. The van der Waals surface area contributed by atoms with E-state index in [-0.39, 0.29) is 5.91 Å². The van der Waals surface area contributed by atoms with E-state index in [0.29, 0.717) is 35.0 Å². The number of hydrogen-bond acceptors (Lipinski definition) is 7. The van der Waals surface area contributed by atoms with Crippen LogP contribution in [0.2, 0.25) is 5.02 Å². The number of amides is 1. The summed E-state index contributed by atoms with van der Waals surface area (Å²) in [7, 11) is 4.01. The van der Waals surface area contributed by atoms with E-state index < -0.39 is 12.1 Å². The number of alkyl halides is 3. The Kier molecular flexibility index (Phi) is 10.9. The van der Waals surface area contributed by atoms with Crippen LogP contribution in [-0.4, -0.2) is 66.1 Å². The van der Waals surface area contributed by atoms with Crippen LogP contribution in [0, 0.1) is 5.92 Å². The summed E-state index contributed by atoms with van der Waals surface area (Å²) in [5.74, 6) is -0.796. The van der Waals surface area contributed by atoms with Crippen molar-refractivity contribution >= 4 is 57.9 Å². The van der Waals surface area contributed by atoms with E-state index in [0.717, 1.165) is 47.3 Å². The maximum absolute atomic E-state index is 12.6. The topological polar surface area (TPSA) is 107 Å². The van der Waals surface area contributed by atoms with Gasteiger partial charge in [-0.3, -0.25) is 4.79 Å². The van der Waals surface area contributed by atoms with Crippen LogP contribution in [0.25, 0.3) is 10.9 Å². The van der Waals surface area contributed by atoms with Crippen molar-refractivity contribution in [2.24, 2.45) is 5.92 Å². The van der Waals surface area contributed by atoms with E-state index >= 15 is 0 Å². The molecule has 1 fully saturated rings. The minimum Gasteiger partial charge on any atom is -0.475 e. The molecule has 1 aromatic heterocycles. The number of rotatable bonds is 7. The number of anilines is 2. The number of hydrogen-bond donors (Lipinski definition) is 3. The molecule has 1 aliphatic rings. The summed E-state index contributed by atoms with van der Waals surface area (Å²) in [6.45, 7) is 0.669. The van der Waals surface area contributed by atoms with Crippen molar-refractivity contribution in [2.45, 2.75) is 42.8 Å². The lowest BCUT2D eigenvalue weighted by Gasteiger charge is -2.29. The summed E-state index contributed by atoms with van der Waals surface area (Å²) in [6.07, 6.45) is 1.05. The Hall–Kier alpha value is -3.25. The first-order valence-corrected chi connectivity index (χ1v) is 14.1.